The molecule has 1 N–H and O–H groups in total. The van der Waals surface area contributed by atoms with E-state index in [1.807, 2.05) is 47.0 Å². The first kappa shape index (κ1) is 24.3. The summed E-state index contributed by atoms with van der Waals surface area (Å²) in [5.41, 5.74) is 5.59. The first-order chi connectivity index (χ1) is 16.4. The number of nitrogens with one attached hydrogen (secondary N) is 1. The molecule has 10 heteroatoms. The predicted octanol–water partition coefficient (Wildman–Crippen LogP) is 6.53. The summed E-state index contributed by atoms with van der Waals surface area (Å²) in [6.45, 7) is 1.78. The number of benzene rings is 3. The number of carbonyl (C=O) groups is 1. The number of hydrogen-bond acceptors (Lipinski definition) is 5. The molecule has 0 saturated heterocycles. The lowest BCUT2D eigenvalue weighted by molar-refractivity contribution is -0.118. The van der Waals surface area contributed by atoms with E-state index in [9.17, 15) is 4.79 Å². The second kappa shape index (κ2) is 11.1. The third-order valence-electron chi connectivity index (χ3n) is 4.76. The second-order valence-corrected chi connectivity index (χ2v) is 9.35. The summed E-state index contributed by atoms with van der Waals surface area (Å²) in [5.74, 6) is 0.427. The van der Waals surface area contributed by atoms with E-state index in [1.165, 1.54) is 11.8 Å². The number of amides is 1. The van der Waals surface area contributed by atoms with Crippen LogP contribution in [0.2, 0.25) is 15.1 Å². The maximum atomic E-state index is 12.5. The van der Waals surface area contributed by atoms with Gasteiger partial charge in [0, 0.05) is 31.9 Å². The number of thioether (sulfide) groups is 1. The van der Waals surface area contributed by atoms with Crippen LogP contribution < -0.4 is 5.43 Å². The molecule has 0 unspecified atom stereocenters. The van der Waals surface area contributed by atoms with Crippen molar-refractivity contribution in [3.05, 3.63) is 93.4 Å². The monoisotopic (exact) mass is 529 g/mol. The van der Waals surface area contributed by atoms with E-state index < -0.39 is 0 Å². The highest BCUT2D eigenvalue weighted by atomic mass is 35.5. The van der Waals surface area contributed by atoms with E-state index in [2.05, 4.69) is 20.7 Å². The number of hydrogen-bond donors (Lipinski definition) is 1. The molecule has 0 aliphatic carbocycles. The van der Waals surface area contributed by atoms with Gasteiger partial charge in [0.05, 0.1) is 11.5 Å². The molecule has 0 fully saturated rings. The van der Waals surface area contributed by atoms with Crippen LogP contribution in [0, 0.1) is 0 Å². The smallest absolute Gasteiger partial charge is 0.250 e. The van der Waals surface area contributed by atoms with E-state index in [4.69, 9.17) is 34.8 Å². The zero-order valence-electron chi connectivity index (χ0n) is 17.9. The highest BCUT2D eigenvalue weighted by Crippen LogP contribution is 2.29. The van der Waals surface area contributed by atoms with Crippen molar-refractivity contribution in [2.75, 3.05) is 5.75 Å². The molecule has 6 nitrogen and oxygen atoms in total. The quantitative estimate of drug-likeness (QED) is 0.168. The van der Waals surface area contributed by atoms with Crippen LogP contribution >= 0.6 is 46.6 Å². The van der Waals surface area contributed by atoms with Crippen LogP contribution in [0.4, 0.5) is 0 Å². The average Bonchev–Trinajstić information content (AvgIpc) is 3.26. The predicted molar refractivity (Wildman–Crippen MR) is 139 cm³/mol. The highest BCUT2D eigenvalue weighted by Gasteiger charge is 2.17. The zero-order valence-corrected chi connectivity index (χ0v) is 21.0. The average molecular weight is 531 g/mol. The number of aromatic nitrogens is 3. The minimum atomic E-state index is -0.282. The molecule has 3 aromatic carbocycles. The van der Waals surface area contributed by atoms with Crippen molar-refractivity contribution >= 4 is 58.2 Å². The molecule has 0 aliphatic rings. The van der Waals surface area contributed by atoms with Gasteiger partial charge in [-0.1, -0.05) is 64.8 Å². The van der Waals surface area contributed by atoms with Gasteiger partial charge < -0.3 is 0 Å². The Kier molecular flexibility index (Phi) is 7.90. The van der Waals surface area contributed by atoms with Gasteiger partial charge in [-0.15, -0.1) is 10.2 Å². The van der Waals surface area contributed by atoms with E-state index in [1.54, 1.807) is 37.3 Å². The SMILES string of the molecule is C/C(=N/NC(=O)CSc1nnc(-c2ccc(Cl)cc2)n1-c1ccc(Cl)cc1)c1ccccc1Cl. The fourth-order valence-electron chi connectivity index (χ4n) is 3.10. The molecular weight excluding hydrogens is 513 g/mol. The normalized spacial score (nSPS) is 11.5. The molecule has 4 rings (SSSR count). The molecule has 4 aromatic rings. The van der Waals surface area contributed by atoms with Gasteiger partial charge in [-0.25, -0.2) is 5.43 Å². The zero-order chi connectivity index (χ0) is 24.1. The Morgan fingerprint density at radius 1 is 0.941 bits per heavy atom. The largest absolute Gasteiger partial charge is 0.272 e. The van der Waals surface area contributed by atoms with Gasteiger partial charge in [-0.05, 0) is 61.5 Å². The lowest BCUT2D eigenvalue weighted by atomic mass is 10.1. The van der Waals surface area contributed by atoms with E-state index in [0.717, 1.165) is 16.8 Å². The third kappa shape index (κ3) is 5.80. The van der Waals surface area contributed by atoms with Crippen LogP contribution in [0.5, 0.6) is 0 Å². The summed E-state index contributed by atoms with van der Waals surface area (Å²) in [6, 6.07) is 21.9. The molecule has 0 atom stereocenters. The van der Waals surface area contributed by atoms with Gasteiger partial charge in [0.25, 0.3) is 5.91 Å². The van der Waals surface area contributed by atoms with Gasteiger partial charge in [-0.2, -0.15) is 5.10 Å². The van der Waals surface area contributed by atoms with Gasteiger partial charge in [0.15, 0.2) is 11.0 Å². The molecule has 0 saturated carbocycles. The number of halogens is 3. The Morgan fingerprint density at radius 3 is 2.26 bits per heavy atom. The third-order valence-corrected chi connectivity index (χ3v) is 6.53. The summed E-state index contributed by atoms with van der Waals surface area (Å²) in [5, 5.41) is 15.2. The Bertz CT molecular complexity index is 1340. The second-order valence-electron chi connectivity index (χ2n) is 7.13. The fourth-order valence-corrected chi connectivity index (χ4v) is 4.36. The summed E-state index contributed by atoms with van der Waals surface area (Å²) >= 11 is 19.5. The molecule has 0 spiro atoms. The number of hydrazone groups is 1. The van der Waals surface area contributed by atoms with Crippen molar-refractivity contribution in [1.82, 2.24) is 20.2 Å². The van der Waals surface area contributed by atoms with Crippen LogP contribution in [0.15, 0.2) is 83.1 Å². The van der Waals surface area contributed by atoms with Crippen LogP contribution in [0.3, 0.4) is 0 Å². The van der Waals surface area contributed by atoms with Crippen molar-refractivity contribution < 1.29 is 4.79 Å². The molecule has 0 bridgehead atoms. The molecule has 1 aromatic heterocycles. The lowest BCUT2D eigenvalue weighted by Gasteiger charge is -2.10. The van der Waals surface area contributed by atoms with Gasteiger partial charge in [-0.3, -0.25) is 9.36 Å². The van der Waals surface area contributed by atoms with Crippen molar-refractivity contribution in [3.63, 3.8) is 0 Å². The molecule has 34 heavy (non-hydrogen) atoms. The standard InChI is InChI=1S/C24H18Cl3N5OS/c1-15(20-4-2-3-5-21(20)27)28-29-22(33)14-34-24-31-30-23(16-6-8-17(25)9-7-16)32(24)19-12-10-18(26)11-13-19/h2-13H,14H2,1H3,(H,29,33)/b28-15-. The topological polar surface area (TPSA) is 72.2 Å². The minimum absolute atomic E-state index is 0.0889. The van der Waals surface area contributed by atoms with Gasteiger partial charge >= 0.3 is 0 Å². The Morgan fingerprint density at radius 2 is 1.59 bits per heavy atom. The fraction of sp³-hybridized carbons (Fsp3) is 0.0833. The van der Waals surface area contributed by atoms with Crippen LogP contribution in [0.25, 0.3) is 17.1 Å². The first-order valence-electron chi connectivity index (χ1n) is 10.1. The Balaban J connectivity index is 1.54. The van der Waals surface area contributed by atoms with Gasteiger partial charge in [0.2, 0.25) is 0 Å². The molecule has 0 aliphatic heterocycles. The Hall–Kier alpha value is -2.84. The van der Waals surface area contributed by atoms with Crippen molar-refractivity contribution in [3.8, 4) is 17.1 Å². The summed E-state index contributed by atoms with van der Waals surface area (Å²) in [7, 11) is 0. The van der Waals surface area contributed by atoms with Crippen molar-refractivity contribution in [2.24, 2.45) is 5.10 Å². The molecule has 172 valence electrons. The Labute approximate surface area is 215 Å². The summed E-state index contributed by atoms with van der Waals surface area (Å²) in [4.78, 5) is 12.5. The molecule has 0 radical (unpaired) electrons. The van der Waals surface area contributed by atoms with E-state index in [-0.39, 0.29) is 11.7 Å². The lowest BCUT2D eigenvalue weighted by Crippen LogP contribution is -2.21. The van der Waals surface area contributed by atoms with E-state index >= 15 is 0 Å². The molecule has 1 amide bonds. The maximum absolute atomic E-state index is 12.5. The highest BCUT2D eigenvalue weighted by molar-refractivity contribution is 7.99. The van der Waals surface area contributed by atoms with Crippen LogP contribution in [-0.2, 0) is 4.79 Å². The summed E-state index contributed by atoms with van der Waals surface area (Å²) < 4.78 is 1.87. The van der Waals surface area contributed by atoms with Crippen LogP contribution in [-0.4, -0.2) is 32.1 Å². The molecule has 1 heterocycles. The number of rotatable bonds is 7. The number of carbonyl (C=O) groups excluding carboxylic acids is 1. The maximum Gasteiger partial charge on any atom is 0.250 e. The summed E-state index contributed by atoms with van der Waals surface area (Å²) in [6.07, 6.45) is 0. The first-order valence-corrected chi connectivity index (χ1v) is 12.2. The van der Waals surface area contributed by atoms with Crippen molar-refractivity contribution in [1.29, 1.82) is 0 Å². The van der Waals surface area contributed by atoms with E-state index in [0.29, 0.717) is 31.8 Å². The number of nitrogens with zero attached hydrogens (tertiary/aromatic N) is 4. The van der Waals surface area contributed by atoms with Crippen LogP contribution in [0.1, 0.15) is 12.5 Å². The molecular formula is C24H18Cl3N5OS. The van der Waals surface area contributed by atoms with Crippen molar-refractivity contribution in [2.45, 2.75) is 12.1 Å². The van der Waals surface area contributed by atoms with Gasteiger partial charge in [0.1, 0.15) is 0 Å². The minimum Gasteiger partial charge on any atom is -0.272 e.